The van der Waals surface area contributed by atoms with Crippen molar-refractivity contribution in [3.8, 4) is 0 Å². The molecule has 6 heteroatoms. The number of rotatable bonds is 6. The standard InChI is InChI=1S/C15H20N4O2/c1-3-13(19-8-4-7-16-19)15(20)18(2)10-12-9-14(21-17-12)11-5-6-11/h4,7-9,11,13H,3,5-6,10H2,1-2H3. The van der Waals surface area contributed by atoms with Gasteiger partial charge in [-0.05, 0) is 25.3 Å². The summed E-state index contributed by atoms with van der Waals surface area (Å²) >= 11 is 0. The Kier molecular flexibility index (Phi) is 3.77. The summed E-state index contributed by atoms with van der Waals surface area (Å²) in [6.45, 7) is 2.45. The lowest BCUT2D eigenvalue weighted by molar-refractivity contribution is -0.134. The summed E-state index contributed by atoms with van der Waals surface area (Å²) in [6, 6.07) is 3.53. The van der Waals surface area contributed by atoms with Crippen LogP contribution in [-0.4, -0.2) is 32.8 Å². The van der Waals surface area contributed by atoms with Crippen molar-refractivity contribution >= 4 is 5.91 Å². The van der Waals surface area contributed by atoms with Gasteiger partial charge in [0.05, 0.1) is 6.54 Å². The molecule has 0 bridgehead atoms. The Labute approximate surface area is 123 Å². The maximum Gasteiger partial charge on any atom is 0.247 e. The van der Waals surface area contributed by atoms with Crippen LogP contribution >= 0.6 is 0 Å². The molecular formula is C15H20N4O2. The third kappa shape index (κ3) is 2.99. The lowest BCUT2D eigenvalue weighted by Crippen LogP contribution is -2.34. The Hall–Kier alpha value is -2.11. The highest BCUT2D eigenvalue weighted by molar-refractivity contribution is 5.80. The Morgan fingerprint density at radius 1 is 1.57 bits per heavy atom. The highest BCUT2D eigenvalue weighted by atomic mass is 16.5. The van der Waals surface area contributed by atoms with Crippen LogP contribution in [0.25, 0.3) is 0 Å². The van der Waals surface area contributed by atoms with Crippen molar-refractivity contribution in [3.05, 3.63) is 36.0 Å². The van der Waals surface area contributed by atoms with Crippen LogP contribution in [0.4, 0.5) is 0 Å². The summed E-state index contributed by atoms with van der Waals surface area (Å²) in [5.74, 6) is 1.53. The summed E-state index contributed by atoms with van der Waals surface area (Å²) in [5.41, 5.74) is 0.808. The minimum absolute atomic E-state index is 0.0390. The average Bonchev–Trinajstić information content (AvgIpc) is 3.00. The molecule has 0 N–H and O–H groups in total. The number of amides is 1. The summed E-state index contributed by atoms with van der Waals surface area (Å²) in [7, 11) is 1.79. The van der Waals surface area contributed by atoms with Gasteiger partial charge in [0.2, 0.25) is 5.91 Å². The first-order valence-electron chi connectivity index (χ1n) is 7.38. The molecule has 21 heavy (non-hydrogen) atoms. The van der Waals surface area contributed by atoms with Crippen molar-refractivity contribution in [3.63, 3.8) is 0 Å². The summed E-state index contributed by atoms with van der Waals surface area (Å²) < 4.78 is 7.03. The van der Waals surface area contributed by atoms with Gasteiger partial charge in [-0.1, -0.05) is 12.1 Å². The number of nitrogens with zero attached hydrogens (tertiary/aromatic N) is 4. The van der Waals surface area contributed by atoms with E-state index in [0.717, 1.165) is 11.5 Å². The quantitative estimate of drug-likeness (QED) is 0.818. The fourth-order valence-corrected chi connectivity index (χ4v) is 2.48. The number of hydrogen-bond donors (Lipinski definition) is 0. The van der Waals surface area contributed by atoms with Gasteiger partial charge in [0.15, 0.2) is 0 Å². The first kappa shape index (κ1) is 13.9. The second-order valence-corrected chi connectivity index (χ2v) is 5.60. The van der Waals surface area contributed by atoms with Crippen LogP contribution in [0.3, 0.4) is 0 Å². The Balaban J connectivity index is 1.65. The molecule has 6 nitrogen and oxygen atoms in total. The van der Waals surface area contributed by atoms with E-state index in [1.807, 2.05) is 25.3 Å². The smallest absolute Gasteiger partial charge is 0.247 e. The van der Waals surface area contributed by atoms with Gasteiger partial charge in [0.1, 0.15) is 17.5 Å². The van der Waals surface area contributed by atoms with E-state index in [1.54, 1.807) is 22.8 Å². The molecule has 2 aromatic rings. The molecule has 1 unspecified atom stereocenters. The van der Waals surface area contributed by atoms with E-state index in [2.05, 4.69) is 10.3 Å². The topological polar surface area (TPSA) is 64.2 Å². The molecular weight excluding hydrogens is 268 g/mol. The van der Waals surface area contributed by atoms with Crippen LogP contribution < -0.4 is 0 Å². The predicted octanol–water partition coefficient (Wildman–Crippen LogP) is 2.36. The molecule has 3 rings (SSSR count). The largest absolute Gasteiger partial charge is 0.361 e. The molecule has 1 fully saturated rings. The van der Waals surface area contributed by atoms with Crippen molar-refractivity contribution < 1.29 is 9.32 Å². The van der Waals surface area contributed by atoms with Crippen molar-refractivity contribution in [2.75, 3.05) is 7.05 Å². The first-order chi connectivity index (χ1) is 10.2. The molecule has 0 saturated heterocycles. The number of carbonyl (C=O) groups excluding carboxylic acids is 1. The molecule has 1 saturated carbocycles. The van der Waals surface area contributed by atoms with Crippen LogP contribution in [0, 0.1) is 0 Å². The van der Waals surface area contributed by atoms with Crippen LogP contribution in [-0.2, 0) is 11.3 Å². The zero-order chi connectivity index (χ0) is 14.8. The predicted molar refractivity (Wildman–Crippen MR) is 76.5 cm³/mol. The van der Waals surface area contributed by atoms with Gasteiger partial charge in [-0.3, -0.25) is 9.48 Å². The molecule has 0 spiro atoms. The Morgan fingerprint density at radius 2 is 2.38 bits per heavy atom. The number of aromatic nitrogens is 3. The molecule has 1 aliphatic carbocycles. The maximum absolute atomic E-state index is 12.5. The molecule has 0 aromatic carbocycles. The third-order valence-electron chi connectivity index (χ3n) is 3.85. The molecule has 1 amide bonds. The molecule has 2 aromatic heterocycles. The highest BCUT2D eigenvalue weighted by Gasteiger charge is 2.28. The van der Waals surface area contributed by atoms with Gasteiger partial charge in [0.25, 0.3) is 0 Å². The fraction of sp³-hybridized carbons (Fsp3) is 0.533. The maximum atomic E-state index is 12.5. The van der Waals surface area contributed by atoms with Crippen molar-refractivity contribution in [2.24, 2.45) is 0 Å². The van der Waals surface area contributed by atoms with E-state index in [1.165, 1.54) is 12.8 Å². The van der Waals surface area contributed by atoms with Crippen LogP contribution in [0.2, 0.25) is 0 Å². The molecule has 112 valence electrons. The van der Waals surface area contributed by atoms with Crippen molar-refractivity contribution in [1.82, 2.24) is 19.8 Å². The van der Waals surface area contributed by atoms with Gasteiger partial charge in [-0.15, -0.1) is 0 Å². The zero-order valence-corrected chi connectivity index (χ0v) is 12.4. The van der Waals surface area contributed by atoms with Crippen molar-refractivity contribution in [1.29, 1.82) is 0 Å². The lowest BCUT2D eigenvalue weighted by Gasteiger charge is -2.22. The molecule has 0 aliphatic heterocycles. The van der Waals surface area contributed by atoms with E-state index in [9.17, 15) is 4.79 Å². The second-order valence-electron chi connectivity index (χ2n) is 5.60. The molecule has 1 aliphatic rings. The molecule has 1 atom stereocenters. The Morgan fingerprint density at radius 3 is 3.00 bits per heavy atom. The molecule has 0 radical (unpaired) electrons. The lowest BCUT2D eigenvalue weighted by atomic mass is 10.2. The second kappa shape index (κ2) is 5.71. The Bertz CT molecular complexity index is 601. The number of carbonyl (C=O) groups is 1. The van der Waals surface area contributed by atoms with E-state index >= 15 is 0 Å². The summed E-state index contributed by atoms with van der Waals surface area (Å²) in [4.78, 5) is 14.2. The normalized spacial score (nSPS) is 15.9. The minimum Gasteiger partial charge on any atom is -0.361 e. The summed E-state index contributed by atoms with van der Waals surface area (Å²) in [5, 5.41) is 8.22. The van der Waals surface area contributed by atoms with Gasteiger partial charge in [-0.2, -0.15) is 5.10 Å². The summed E-state index contributed by atoms with van der Waals surface area (Å²) in [6.07, 6.45) is 6.58. The minimum atomic E-state index is -0.264. The van der Waals surface area contributed by atoms with Crippen molar-refractivity contribution in [2.45, 2.75) is 44.7 Å². The van der Waals surface area contributed by atoms with Gasteiger partial charge in [0, 0.05) is 31.4 Å². The highest BCUT2D eigenvalue weighted by Crippen LogP contribution is 2.40. The van der Waals surface area contributed by atoms with Gasteiger partial charge in [-0.25, -0.2) is 0 Å². The third-order valence-corrected chi connectivity index (χ3v) is 3.85. The van der Waals surface area contributed by atoms with Crippen LogP contribution in [0.15, 0.2) is 29.0 Å². The SMILES string of the molecule is CCC(C(=O)N(C)Cc1cc(C2CC2)on1)n1cccn1. The average molecular weight is 288 g/mol. The monoisotopic (exact) mass is 288 g/mol. The van der Waals surface area contributed by atoms with E-state index < -0.39 is 0 Å². The van der Waals surface area contributed by atoms with Gasteiger partial charge >= 0.3 is 0 Å². The number of likely N-dealkylation sites (N-methyl/N-ethyl adjacent to an activating group) is 1. The zero-order valence-electron chi connectivity index (χ0n) is 12.4. The van der Waals surface area contributed by atoms with E-state index in [-0.39, 0.29) is 11.9 Å². The van der Waals surface area contributed by atoms with Crippen LogP contribution in [0.1, 0.15) is 49.6 Å². The fourth-order valence-electron chi connectivity index (χ4n) is 2.48. The number of hydrogen-bond acceptors (Lipinski definition) is 4. The molecule has 2 heterocycles. The van der Waals surface area contributed by atoms with Gasteiger partial charge < -0.3 is 9.42 Å². The van der Waals surface area contributed by atoms with E-state index in [0.29, 0.717) is 18.9 Å². The first-order valence-corrected chi connectivity index (χ1v) is 7.38. The van der Waals surface area contributed by atoms with Crippen LogP contribution in [0.5, 0.6) is 0 Å². The van der Waals surface area contributed by atoms with E-state index in [4.69, 9.17) is 4.52 Å².